The lowest BCUT2D eigenvalue weighted by atomic mass is 10.1. The van der Waals surface area contributed by atoms with Gasteiger partial charge in [-0.1, -0.05) is 12.8 Å². The Labute approximate surface area is 98.4 Å². The van der Waals surface area contributed by atoms with Gasteiger partial charge in [0.05, 0.1) is 0 Å². The molecule has 0 radical (unpaired) electrons. The van der Waals surface area contributed by atoms with Crippen LogP contribution in [0.25, 0.3) is 0 Å². The molecule has 1 saturated carbocycles. The lowest BCUT2D eigenvalue weighted by Crippen LogP contribution is -2.37. The van der Waals surface area contributed by atoms with E-state index >= 15 is 0 Å². The number of carbonyl (C=O) groups is 1. The van der Waals surface area contributed by atoms with Crippen molar-refractivity contribution in [1.29, 1.82) is 0 Å². The Morgan fingerprint density at radius 2 is 2.00 bits per heavy atom. The molecule has 1 heterocycles. The smallest absolute Gasteiger partial charge is 0.222 e. The molecule has 2 unspecified atom stereocenters. The minimum absolute atomic E-state index is 0.403. The minimum Gasteiger partial charge on any atom is -0.339 e. The Morgan fingerprint density at radius 1 is 1.19 bits per heavy atom. The summed E-state index contributed by atoms with van der Waals surface area (Å²) in [5, 5.41) is 0. The number of piperidine rings is 1. The average molecular weight is 224 g/mol. The second kappa shape index (κ2) is 5.67. The third kappa shape index (κ3) is 2.76. The van der Waals surface area contributed by atoms with Crippen molar-refractivity contribution in [3.05, 3.63) is 0 Å². The van der Waals surface area contributed by atoms with Gasteiger partial charge in [0.2, 0.25) is 5.91 Å². The molecular weight excluding hydrogens is 200 g/mol. The van der Waals surface area contributed by atoms with Crippen molar-refractivity contribution in [1.82, 2.24) is 4.90 Å². The van der Waals surface area contributed by atoms with Crippen molar-refractivity contribution in [2.45, 2.75) is 57.4 Å². The van der Waals surface area contributed by atoms with E-state index in [9.17, 15) is 4.79 Å². The van der Waals surface area contributed by atoms with Crippen LogP contribution in [0.1, 0.15) is 51.4 Å². The normalized spacial score (nSPS) is 27.7. The van der Waals surface area contributed by atoms with Gasteiger partial charge < -0.3 is 10.6 Å². The van der Waals surface area contributed by atoms with Crippen molar-refractivity contribution in [2.24, 2.45) is 11.7 Å². The maximum atomic E-state index is 12.0. The van der Waals surface area contributed by atoms with Gasteiger partial charge in [-0.05, 0) is 44.6 Å². The summed E-state index contributed by atoms with van der Waals surface area (Å²) in [7, 11) is 0. The lowest BCUT2D eigenvalue weighted by molar-refractivity contribution is -0.132. The summed E-state index contributed by atoms with van der Waals surface area (Å²) in [6, 6.07) is 0.599. The summed E-state index contributed by atoms with van der Waals surface area (Å²) in [6.45, 7) is 1.83. The van der Waals surface area contributed by atoms with Crippen LogP contribution in [0, 0.1) is 5.92 Å². The third-order valence-electron chi connectivity index (χ3n) is 4.07. The summed E-state index contributed by atoms with van der Waals surface area (Å²) in [6.07, 6.45) is 9.12. The number of carbonyl (C=O) groups excluding carboxylic acids is 1. The number of hydrogen-bond acceptors (Lipinski definition) is 2. The quantitative estimate of drug-likeness (QED) is 0.700. The topological polar surface area (TPSA) is 46.3 Å². The molecule has 1 amide bonds. The standard InChI is InChI=1S/C13H24N2O/c14-8-4-2-1-3-5-13(16)15-10-11-6-7-12(15)9-11/h11-12H,1-10,14H2. The third-order valence-corrected chi connectivity index (χ3v) is 4.07. The van der Waals surface area contributed by atoms with E-state index in [0.717, 1.165) is 44.7 Å². The van der Waals surface area contributed by atoms with Crippen LogP contribution in [0.4, 0.5) is 0 Å². The van der Waals surface area contributed by atoms with Crippen molar-refractivity contribution in [3.8, 4) is 0 Å². The van der Waals surface area contributed by atoms with Gasteiger partial charge in [0.25, 0.3) is 0 Å². The molecule has 92 valence electrons. The molecule has 2 N–H and O–H groups in total. The predicted molar refractivity (Wildman–Crippen MR) is 65.0 cm³/mol. The largest absolute Gasteiger partial charge is 0.339 e. The first kappa shape index (κ1) is 11.9. The molecule has 1 aliphatic heterocycles. The first-order valence-corrected chi connectivity index (χ1v) is 6.81. The average Bonchev–Trinajstić information content (AvgIpc) is 2.90. The number of nitrogens with zero attached hydrogens (tertiary/aromatic N) is 1. The van der Waals surface area contributed by atoms with Crippen LogP contribution in [0.2, 0.25) is 0 Å². The Balaban J connectivity index is 1.61. The zero-order valence-corrected chi connectivity index (χ0v) is 10.2. The molecule has 0 spiro atoms. The van der Waals surface area contributed by atoms with Crippen LogP contribution in [0.3, 0.4) is 0 Å². The van der Waals surface area contributed by atoms with Gasteiger partial charge in [0, 0.05) is 19.0 Å². The zero-order chi connectivity index (χ0) is 11.4. The van der Waals surface area contributed by atoms with Crippen molar-refractivity contribution in [3.63, 3.8) is 0 Å². The SMILES string of the molecule is NCCCCCCC(=O)N1CC2CCC1C2. The maximum absolute atomic E-state index is 12.0. The molecule has 2 atom stereocenters. The monoisotopic (exact) mass is 224 g/mol. The molecule has 0 aromatic heterocycles. The summed E-state index contributed by atoms with van der Waals surface area (Å²) in [4.78, 5) is 14.1. The zero-order valence-electron chi connectivity index (χ0n) is 10.2. The highest BCUT2D eigenvalue weighted by molar-refractivity contribution is 5.77. The van der Waals surface area contributed by atoms with Crippen LogP contribution in [-0.2, 0) is 4.79 Å². The summed E-state index contributed by atoms with van der Waals surface area (Å²) < 4.78 is 0. The van der Waals surface area contributed by atoms with Gasteiger partial charge in [0.1, 0.15) is 0 Å². The number of likely N-dealkylation sites (tertiary alicyclic amines) is 1. The van der Waals surface area contributed by atoms with Crippen LogP contribution >= 0.6 is 0 Å². The summed E-state index contributed by atoms with van der Waals surface area (Å²) in [5.41, 5.74) is 5.44. The number of unbranched alkanes of at least 4 members (excludes halogenated alkanes) is 3. The molecule has 3 heteroatoms. The van der Waals surface area contributed by atoms with Crippen LogP contribution in [0.15, 0.2) is 0 Å². The Hall–Kier alpha value is -0.570. The molecular formula is C13H24N2O. The fourth-order valence-electron chi connectivity index (χ4n) is 3.15. The highest BCUT2D eigenvalue weighted by Gasteiger charge is 2.39. The summed E-state index contributed by atoms with van der Waals surface area (Å²) >= 11 is 0. The molecule has 3 nitrogen and oxygen atoms in total. The second-order valence-electron chi connectivity index (χ2n) is 5.33. The summed E-state index contributed by atoms with van der Waals surface area (Å²) in [5.74, 6) is 1.23. The van der Waals surface area contributed by atoms with Crippen LogP contribution in [-0.4, -0.2) is 29.9 Å². The predicted octanol–water partition coefficient (Wildman–Crippen LogP) is 1.91. The molecule has 2 rings (SSSR count). The number of nitrogens with two attached hydrogens (primary N) is 1. The van der Waals surface area contributed by atoms with E-state index in [1.807, 2.05) is 0 Å². The van der Waals surface area contributed by atoms with Gasteiger partial charge in [-0.15, -0.1) is 0 Å². The molecule has 0 aromatic rings. The van der Waals surface area contributed by atoms with Gasteiger partial charge >= 0.3 is 0 Å². The molecule has 1 saturated heterocycles. The fourth-order valence-corrected chi connectivity index (χ4v) is 3.15. The molecule has 0 aromatic carbocycles. The van der Waals surface area contributed by atoms with E-state index < -0.39 is 0 Å². The van der Waals surface area contributed by atoms with E-state index in [1.54, 1.807) is 0 Å². The van der Waals surface area contributed by atoms with Crippen LogP contribution < -0.4 is 5.73 Å². The van der Waals surface area contributed by atoms with Crippen molar-refractivity contribution < 1.29 is 4.79 Å². The van der Waals surface area contributed by atoms with Gasteiger partial charge in [-0.25, -0.2) is 0 Å². The van der Waals surface area contributed by atoms with Crippen LogP contribution in [0.5, 0.6) is 0 Å². The number of hydrogen-bond donors (Lipinski definition) is 1. The lowest BCUT2D eigenvalue weighted by Gasteiger charge is -2.27. The number of rotatable bonds is 6. The molecule has 2 bridgehead atoms. The van der Waals surface area contributed by atoms with Gasteiger partial charge in [-0.3, -0.25) is 4.79 Å². The van der Waals surface area contributed by atoms with Gasteiger partial charge in [-0.2, -0.15) is 0 Å². The number of amides is 1. The molecule has 2 aliphatic rings. The van der Waals surface area contributed by atoms with Crippen molar-refractivity contribution >= 4 is 5.91 Å². The highest BCUT2D eigenvalue weighted by atomic mass is 16.2. The molecule has 1 aliphatic carbocycles. The first-order valence-electron chi connectivity index (χ1n) is 6.81. The van der Waals surface area contributed by atoms with Gasteiger partial charge in [0.15, 0.2) is 0 Å². The molecule has 16 heavy (non-hydrogen) atoms. The Morgan fingerprint density at radius 3 is 2.62 bits per heavy atom. The highest BCUT2D eigenvalue weighted by Crippen LogP contribution is 2.37. The number of fused-ring (bicyclic) bond motifs is 2. The minimum atomic E-state index is 0.403. The van der Waals surface area contributed by atoms with E-state index in [0.29, 0.717) is 11.9 Å². The molecule has 2 fully saturated rings. The van der Waals surface area contributed by atoms with E-state index in [-0.39, 0.29) is 0 Å². The van der Waals surface area contributed by atoms with E-state index in [2.05, 4.69) is 4.90 Å². The Kier molecular flexibility index (Phi) is 4.22. The van der Waals surface area contributed by atoms with Crippen molar-refractivity contribution in [2.75, 3.05) is 13.1 Å². The van der Waals surface area contributed by atoms with E-state index in [1.165, 1.54) is 25.7 Å². The maximum Gasteiger partial charge on any atom is 0.222 e. The fraction of sp³-hybridized carbons (Fsp3) is 0.923. The first-order chi connectivity index (χ1) is 7.81. The van der Waals surface area contributed by atoms with E-state index in [4.69, 9.17) is 5.73 Å². The Bertz CT molecular complexity index is 242. The second-order valence-corrected chi connectivity index (χ2v) is 5.33.